The average Bonchev–Trinajstić information content (AvgIpc) is 3.13. The Balaban J connectivity index is 0.00000149. The molecule has 0 aliphatic heterocycles. The van der Waals surface area contributed by atoms with Crippen molar-refractivity contribution in [3.8, 4) is 0 Å². The first-order valence-electron chi connectivity index (χ1n) is 14.3. The van der Waals surface area contributed by atoms with E-state index in [1.54, 1.807) is 0 Å². The van der Waals surface area contributed by atoms with Gasteiger partial charge >= 0.3 is 6.18 Å². The predicted molar refractivity (Wildman–Crippen MR) is 134 cm³/mol. The molecule has 0 bridgehead atoms. The SMILES string of the molecule is C=C(CCCCC1CCC2C3CCC4CC(CC)CCC4(C)C3CCC12C)C(F)(F)F.CC. The molecule has 33 heavy (non-hydrogen) atoms. The number of fused-ring (bicyclic) bond motifs is 5. The van der Waals surface area contributed by atoms with Crippen LogP contribution in [0.15, 0.2) is 12.2 Å². The second kappa shape index (κ2) is 10.7. The van der Waals surface area contributed by atoms with Gasteiger partial charge in [0.05, 0.1) is 0 Å². The summed E-state index contributed by atoms with van der Waals surface area (Å²) in [6.07, 6.45) is 12.6. The van der Waals surface area contributed by atoms with Crippen molar-refractivity contribution in [2.75, 3.05) is 0 Å². The maximum Gasteiger partial charge on any atom is 0.412 e. The Morgan fingerprint density at radius 2 is 1.55 bits per heavy atom. The zero-order valence-corrected chi connectivity index (χ0v) is 22.2. The summed E-state index contributed by atoms with van der Waals surface area (Å²) in [6, 6.07) is 0. The summed E-state index contributed by atoms with van der Waals surface area (Å²) >= 11 is 0. The Morgan fingerprint density at radius 3 is 2.21 bits per heavy atom. The molecule has 0 N–H and O–H groups in total. The Hall–Kier alpha value is -0.470. The largest absolute Gasteiger partial charge is 0.412 e. The van der Waals surface area contributed by atoms with E-state index >= 15 is 0 Å². The Kier molecular flexibility index (Phi) is 8.75. The lowest BCUT2D eigenvalue weighted by Gasteiger charge is -2.61. The van der Waals surface area contributed by atoms with Gasteiger partial charge in [0.15, 0.2) is 0 Å². The first kappa shape index (κ1) is 27.1. The molecule has 0 aromatic rings. The standard InChI is InChI=1S/C28H45F3.C2H6/c1-5-20-14-16-27(4)22(18-20)10-12-23-24-13-11-21(26(24,3)17-15-25(23)27)9-7-6-8-19(2)28(29,30)31;1-2/h20-25H,2,5-18H2,1,3-4H3;1-2H3. The highest BCUT2D eigenvalue weighted by molar-refractivity contribution is 5.09. The highest BCUT2D eigenvalue weighted by Gasteiger charge is 2.59. The highest BCUT2D eigenvalue weighted by Crippen LogP contribution is 2.68. The van der Waals surface area contributed by atoms with Crippen LogP contribution in [-0.2, 0) is 0 Å². The topological polar surface area (TPSA) is 0 Å². The van der Waals surface area contributed by atoms with Crippen molar-refractivity contribution in [2.45, 2.75) is 131 Å². The molecule has 0 heterocycles. The van der Waals surface area contributed by atoms with Crippen LogP contribution in [0.2, 0.25) is 0 Å². The predicted octanol–water partition coefficient (Wildman–Crippen LogP) is 10.4. The Morgan fingerprint density at radius 1 is 0.879 bits per heavy atom. The van der Waals surface area contributed by atoms with Crippen LogP contribution < -0.4 is 0 Å². The van der Waals surface area contributed by atoms with Crippen molar-refractivity contribution in [3.05, 3.63) is 12.2 Å². The van der Waals surface area contributed by atoms with Gasteiger partial charge in [-0.2, -0.15) is 13.2 Å². The molecule has 4 aliphatic carbocycles. The monoisotopic (exact) mass is 468 g/mol. The van der Waals surface area contributed by atoms with E-state index in [0.29, 0.717) is 17.3 Å². The van der Waals surface area contributed by atoms with Crippen LogP contribution in [0.25, 0.3) is 0 Å². The molecule has 0 saturated heterocycles. The molecule has 0 nitrogen and oxygen atoms in total. The minimum absolute atomic E-state index is 0.111. The summed E-state index contributed by atoms with van der Waals surface area (Å²) in [7, 11) is 0. The van der Waals surface area contributed by atoms with Gasteiger partial charge < -0.3 is 0 Å². The van der Waals surface area contributed by atoms with Crippen LogP contribution >= 0.6 is 0 Å². The molecule has 0 radical (unpaired) electrons. The van der Waals surface area contributed by atoms with E-state index in [2.05, 4.69) is 27.4 Å². The smallest absolute Gasteiger partial charge is 0.167 e. The molecule has 0 amide bonds. The number of hydrogen-bond acceptors (Lipinski definition) is 0. The third-order valence-corrected chi connectivity index (χ3v) is 11.2. The van der Waals surface area contributed by atoms with Crippen LogP contribution in [0.4, 0.5) is 13.2 Å². The van der Waals surface area contributed by atoms with E-state index in [0.717, 1.165) is 48.3 Å². The lowest BCUT2D eigenvalue weighted by atomic mass is 9.44. The van der Waals surface area contributed by atoms with Crippen molar-refractivity contribution in [1.82, 2.24) is 0 Å². The Labute approximate surface area is 202 Å². The molecule has 3 heteroatoms. The van der Waals surface area contributed by atoms with Crippen LogP contribution in [-0.4, -0.2) is 6.18 Å². The lowest BCUT2D eigenvalue weighted by molar-refractivity contribution is -0.118. The summed E-state index contributed by atoms with van der Waals surface area (Å²) in [6.45, 7) is 14.8. The minimum atomic E-state index is -4.21. The fraction of sp³-hybridized carbons (Fsp3) is 0.933. The maximum absolute atomic E-state index is 12.7. The van der Waals surface area contributed by atoms with Gasteiger partial charge in [-0.15, -0.1) is 0 Å². The molecule has 4 fully saturated rings. The Bertz CT molecular complexity index is 651. The fourth-order valence-corrected chi connectivity index (χ4v) is 9.17. The van der Waals surface area contributed by atoms with Gasteiger partial charge in [-0.3, -0.25) is 0 Å². The summed E-state index contributed by atoms with van der Waals surface area (Å²) < 4.78 is 38.1. The zero-order valence-electron chi connectivity index (χ0n) is 22.2. The summed E-state index contributed by atoms with van der Waals surface area (Å²) in [5.74, 6) is 5.34. The third kappa shape index (κ3) is 5.23. The van der Waals surface area contributed by atoms with E-state index in [9.17, 15) is 13.2 Å². The van der Waals surface area contributed by atoms with Gasteiger partial charge in [0.2, 0.25) is 0 Å². The van der Waals surface area contributed by atoms with Gasteiger partial charge in [0.25, 0.3) is 0 Å². The molecular formula is C30H51F3. The average molecular weight is 469 g/mol. The first-order valence-corrected chi connectivity index (χ1v) is 14.3. The lowest BCUT2D eigenvalue weighted by Crippen LogP contribution is -2.53. The molecule has 4 rings (SSSR count). The van der Waals surface area contributed by atoms with E-state index in [-0.39, 0.29) is 6.42 Å². The van der Waals surface area contributed by atoms with Crippen LogP contribution in [0.1, 0.15) is 125 Å². The number of rotatable bonds is 6. The maximum atomic E-state index is 12.7. The van der Waals surface area contributed by atoms with Gasteiger partial charge in [0.1, 0.15) is 0 Å². The molecular weight excluding hydrogens is 417 g/mol. The molecule has 192 valence electrons. The van der Waals surface area contributed by atoms with Crippen molar-refractivity contribution >= 4 is 0 Å². The van der Waals surface area contributed by atoms with Gasteiger partial charge in [-0.25, -0.2) is 0 Å². The molecule has 0 aromatic carbocycles. The van der Waals surface area contributed by atoms with Crippen LogP contribution in [0.5, 0.6) is 0 Å². The molecule has 4 saturated carbocycles. The zero-order chi connectivity index (χ0) is 24.4. The number of halogens is 3. The number of allylic oxidation sites excluding steroid dienone is 1. The second-order valence-electron chi connectivity index (χ2n) is 12.4. The van der Waals surface area contributed by atoms with Crippen LogP contribution in [0, 0.1) is 46.3 Å². The molecule has 0 spiro atoms. The van der Waals surface area contributed by atoms with E-state index < -0.39 is 11.7 Å². The van der Waals surface area contributed by atoms with E-state index in [1.807, 2.05) is 13.8 Å². The van der Waals surface area contributed by atoms with Crippen molar-refractivity contribution in [3.63, 3.8) is 0 Å². The summed E-state index contributed by atoms with van der Waals surface area (Å²) in [4.78, 5) is 0. The van der Waals surface area contributed by atoms with E-state index in [4.69, 9.17) is 0 Å². The van der Waals surface area contributed by atoms with Gasteiger partial charge in [-0.1, -0.05) is 54.0 Å². The van der Waals surface area contributed by atoms with Crippen molar-refractivity contribution in [1.29, 1.82) is 0 Å². The summed E-state index contributed by atoms with van der Waals surface area (Å²) in [5, 5.41) is 0. The molecule has 4 aliphatic rings. The molecule has 8 atom stereocenters. The normalized spacial score (nSPS) is 42.4. The third-order valence-electron chi connectivity index (χ3n) is 11.2. The van der Waals surface area contributed by atoms with Gasteiger partial charge in [0, 0.05) is 5.57 Å². The fourth-order valence-electron chi connectivity index (χ4n) is 9.17. The van der Waals surface area contributed by atoms with Crippen LogP contribution in [0.3, 0.4) is 0 Å². The number of alkyl halides is 3. The summed E-state index contributed by atoms with van der Waals surface area (Å²) in [5.41, 5.74) is 0.462. The minimum Gasteiger partial charge on any atom is -0.167 e. The van der Waals surface area contributed by atoms with Gasteiger partial charge in [-0.05, 0) is 123 Å². The van der Waals surface area contributed by atoms with Crippen molar-refractivity contribution in [2.24, 2.45) is 46.3 Å². The van der Waals surface area contributed by atoms with Crippen molar-refractivity contribution < 1.29 is 13.2 Å². The molecule has 8 unspecified atom stereocenters. The highest BCUT2D eigenvalue weighted by atomic mass is 19.4. The molecule has 0 aromatic heterocycles. The second-order valence-corrected chi connectivity index (χ2v) is 12.4. The quantitative estimate of drug-likeness (QED) is 0.268. The first-order chi connectivity index (χ1) is 15.6. The number of hydrogen-bond donors (Lipinski definition) is 0. The number of unbranched alkanes of at least 4 members (excludes halogenated alkanes) is 1. The van der Waals surface area contributed by atoms with E-state index in [1.165, 1.54) is 64.2 Å².